The second-order valence-electron chi connectivity index (χ2n) is 5.11. The Kier molecular flexibility index (Phi) is 6.04. The number of ketones is 1. The van der Waals surface area contributed by atoms with Crippen molar-refractivity contribution in [1.82, 2.24) is 0 Å². The van der Waals surface area contributed by atoms with Crippen LogP contribution in [0.2, 0.25) is 0 Å². The number of aliphatic carboxylic acids is 1. The van der Waals surface area contributed by atoms with Gasteiger partial charge in [0.05, 0.1) is 0 Å². The van der Waals surface area contributed by atoms with Crippen molar-refractivity contribution in [2.75, 3.05) is 0 Å². The van der Waals surface area contributed by atoms with Gasteiger partial charge >= 0.3 is 51.4 Å². The Morgan fingerprint density at radius 1 is 1.18 bits per heavy atom. The molecule has 2 aromatic carbocycles. The van der Waals surface area contributed by atoms with Crippen LogP contribution in [0.3, 0.4) is 0 Å². The molecule has 3 nitrogen and oxygen atoms in total. The van der Waals surface area contributed by atoms with Gasteiger partial charge < -0.3 is 9.90 Å². The predicted octanol–water partition coefficient (Wildman–Crippen LogP) is -0.566. The van der Waals surface area contributed by atoms with Gasteiger partial charge in [0.2, 0.25) is 0 Å². The van der Waals surface area contributed by atoms with Gasteiger partial charge in [-0.25, -0.2) is 0 Å². The summed E-state index contributed by atoms with van der Waals surface area (Å²) in [7, 11) is 0. The molecule has 1 aliphatic rings. The topological polar surface area (TPSA) is 57.2 Å². The zero-order chi connectivity index (χ0) is 15.0. The second kappa shape index (κ2) is 7.42. The Morgan fingerprint density at radius 2 is 1.91 bits per heavy atom. The van der Waals surface area contributed by atoms with Crippen LogP contribution < -0.4 is 56.5 Å². The van der Waals surface area contributed by atoms with Crippen molar-refractivity contribution in [2.45, 2.75) is 29.1 Å². The Hall–Kier alpha value is -0.434. The molecule has 0 amide bonds. The minimum absolute atomic E-state index is 0. The van der Waals surface area contributed by atoms with E-state index in [2.05, 4.69) is 0 Å². The predicted molar refractivity (Wildman–Crippen MR) is 78.5 cm³/mol. The van der Waals surface area contributed by atoms with Crippen molar-refractivity contribution in [3.63, 3.8) is 0 Å². The van der Waals surface area contributed by atoms with Gasteiger partial charge in [-0.1, -0.05) is 49.0 Å². The molecule has 0 aromatic heterocycles. The van der Waals surface area contributed by atoms with Crippen molar-refractivity contribution in [3.8, 4) is 0 Å². The molecule has 1 heterocycles. The second-order valence-corrected chi connectivity index (χ2v) is 6.19. The molecule has 0 spiro atoms. The third-order valence-electron chi connectivity index (χ3n) is 3.70. The van der Waals surface area contributed by atoms with E-state index in [1.54, 1.807) is 24.8 Å². The largest absolute Gasteiger partial charge is 1.00 e. The van der Waals surface area contributed by atoms with E-state index >= 15 is 0 Å². The molecule has 0 unspecified atom stereocenters. The first-order valence-electron chi connectivity index (χ1n) is 6.70. The van der Waals surface area contributed by atoms with Crippen LogP contribution >= 0.6 is 11.8 Å². The van der Waals surface area contributed by atoms with Crippen molar-refractivity contribution >= 4 is 23.5 Å². The SMILES string of the molecule is C[C@H](C(=O)[O-])c1ccc2c(c1)CC(=O)c1ccccc1S2.[K+]. The number of carbonyl (C=O) groups is 2. The van der Waals surface area contributed by atoms with Crippen LogP contribution in [0.1, 0.15) is 34.3 Å². The molecule has 1 atom stereocenters. The van der Waals surface area contributed by atoms with Crippen LogP contribution in [0.15, 0.2) is 52.3 Å². The van der Waals surface area contributed by atoms with E-state index in [0.717, 1.165) is 20.9 Å². The van der Waals surface area contributed by atoms with Gasteiger partial charge in [-0.2, -0.15) is 0 Å². The van der Waals surface area contributed by atoms with Crippen molar-refractivity contribution in [3.05, 3.63) is 59.2 Å². The van der Waals surface area contributed by atoms with E-state index < -0.39 is 11.9 Å². The first-order chi connectivity index (χ1) is 10.1. The zero-order valence-corrected chi connectivity index (χ0v) is 16.4. The summed E-state index contributed by atoms with van der Waals surface area (Å²) in [5.41, 5.74) is 2.29. The maximum absolute atomic E-state index is 12.3. The van der Waals surface area contributed by atoms with Gasteiger partial charge in [-0.15, -0.1) is 0 Å². The Balaban J connectivity index is 0.00000176. The number of fused-ring (bicyclic) bond motifs is 2. The zero-order valence-electron chi connectivity index (χ0n) is 12.5. The summed E-state index contributed by atoms with van der Waals surface area (Å²) in [6.07, 6.45) is 0.299. The van der Waals surface area contributed by atoms with E-state index in [9.17, 15) is 14.7 Å². The molecule has 0 N–H and O–H groups in total. The molecule has 0 saturated carbocycles. The van der Waals surface area contributed by atoms with Crippen LogP contribution in [0.4, 0.5) is 0 Å². The van der Waals surface area contributed by atoms with E-state index in [-0.39, 0.29) is 57.2 Å². The molecule has 3 rings (SSSR count). The Morgan fingerprint density at radius 3 is 2.64 bits per heavy atom. The number of hydrogen-bond donors (Lipinski definition) is 0. The normalized spacial score (nSPS) is 14.1. The Bertz CT molecular complexity index is 742. The molecule has 1 aliphatic heterocycles. The standard InChI is InChI=1S/C17H14O3S.K/c1-10(17(19)20)11-6-7-15-12(8-11)9-14(18)13-4-2-3-5-16(13)21-15;/h2-8,10H,9H2,1H3,(H,19,20);/q;+1/p-1/t10-;/m0./s1. The van der Waals surface area contributed by atoms with Gasteiger partial charge in [0.1, 0.15) is 0 Å². The summed E-state index contributed by atoms with van der Waals surface area (Å²) < 4.78 is 0. The average Bonchev–Trinajstić information content (AvgIpc) is 2.61. The molecule has 0 saturated heterocycles. The fourth-order valence-corrected chi connectivity index (χ4v) is 3.49. The summed E-state index contributed by atoms with van der Waals surface area (Å²) in [6, 6.07) is 13.0. The quantitative estimate of drug-likeness (QED) is 0.690. The third-order valence-corrected chi connectivity index (χ3v) is 4.89. The molecule has 0 radical (unpaired) electrons. The molecule has 0 aliphatic carbocycles. The minimum Gasteiger partial charge on any atom is -0.550 e. The molecule has 0 bridgehead atoms. The van der Waals surface area contributed by atoms with Crippen LogP contribution in [0.5, 0.6) is 0 Å². The number of hydrogen-bond acceptors (Lipinski definition) is 4. The maximum Gasteiger partial charge on any atom is 1.00 e. The third kappa shape index (κ3) is 3.55. The van der Waals surface area contributed by atoms with Crippen LogP contribution in [-0.2, 0) is 11.2 Å². The van der Waals surface area contributed by atoms with Gasteiger partial charge in [-0.05, 0) is 23.3 Å². The van der Waals surface area contributed by atoms with E-state index in [1.165, 1.54) is 0 Å². The van der Waals surface area contributed by atoms with Gasteiger partial charge in [0.25, 0.3) is 0 Å². The number of carbonyl (C=O) groups excluding carboxylic acids is 2. The molecule has 5 heteroatoms. The van der Waals surface area contributed by atoms with Crippen LogP contribution in [0, 0.1) is 0 Å². The van der Waals surface area contributed by atoms with E-state index in [0.29, 0.717) is 12.0 Å². The molecule has 0 fully saturated rings. The minimum atomic E-state index is -1.11. The molecule has 22 heavy (non-hydrogen) atoms. The summed E-state index contributed by atoms with van der Waals surface area (Å²) in [5, 5.41) is 11.0. The first kappa shape index (κ1) is 17.9. The van der Waals surface area contributed by atoms with Gasteiger partial charge in [-0.3, -0.25) is 4.79 Å². The van der Waals surface area contributed by atoms with E-state index in [4.69, 9.17) is 0 Å². The van der Waals surface area contributed by atoms with E-state index in [1.807, 2.05) is 36.4 Å². The first-order valence-corrected chi connectivity index (χ1v) is 7.51. The van der Waals surface area contributed by atoms with Gasteiger partial charge in [0, 0.05) is 33.7 Å². The fourth-order valence-electron chi connectivity index (χ4n) is 2.42. The van der Waals surface area contributed by atoms with Crippen molar-refractivity contribution in [1.29, 1.82) is 0 Å². The Labute approximate surface area is 175 Å². The number of carboxylic acid groups (broad SMARTS) is 1. The summed E-state index contributed by atoms with van der Waals surface area (Å²) in [4.78, 5) is 25.3. The molecule has 2 aromatic rings. The summed E-state index contributed by atoms with van der Waals surface area (Å²) in [5.74, 6) is -1.72. The van der Waals surface area contributed by atoms with Crippen LogP contribution in [0.25, 0.3) is 0 Å². The number of carboxylic acids is 1. The average molecular weight is 336 g/mol. The maximum atomic E-state index is 12.3. The monoisotopic (exact) mass is 336 g/mol. The molecular formula is C17H13KO3S. The van der Waals surface area contributed by atoms with Crippen molar-refractivity contribution < 1.29 is 66.1 Å². The number of benzene rings is 2. The molecular weight excluding hydrogens is 323 g/mol. The number of Topliss-reactive ketones (excluding diaryl/α,β-unsaturated/α-hetero) is 1. The van der Waals surface area contributed by atoms with Gasteiger partial charge in [0.15, 0.2) is 5.78 Å². The summed E-state index contributed by atoms with van der Waals surface area (Å²) in [6.45, 7) is 1.59. The number of rotatable bonds is 2. The smallest absolute Gasteiger partial charge is 0.550 e. The van der Waals surface area contributed by atoms with Crippen LogP contribution in [-0.4, -0.2) is 11.8 Å². The van der Waals surface area contributed by atoms with Crippen molar-refractivity contribution in [2.24, 2.45) is 0 Å². The molecule has 106 valence electrons. The fraction of sp³-hybridized carbons (Fsp3) is 0.176. The summed E-state index contributed by atoms with van der Waals surface area (Å²) >= 11 is 1.55.